The molecule has 7 heteroatoms. The van der Waals surface area contributed by atoms with Gasteiger partial charge in [0.1, 0.15) is 5.56 Å². The second-order valence-electron chi connectivity index (χ2n) is 5.64. The number of rotatable bonds is 4. The lowest BCUT2D eigenvalue weighted by molar-refractivity contribution is 0.430. The van der Waals surface area contributed by atoms with Gasteiger partial charge in [-0.2, -0.15) is 4.98 Å². The Hall–Kier alpha value is -2.96. The van der Waals surface area contributed by atoms with Crippen molar-refractivity contribution in [1.29, 1.82) is 0 Å². The lowest BCUT2D eigenvalue weighted by Gasteiger charge is -2.08. The summed E-state index contributed by atoms with van der Waals surface area (Å²) >= 11 is 0. The fraction of sp³-hybridized carbons (Fsp3) is 0.250. The molecule has 0 radical (unpaired) electrons. The Labute approximate surface area is 131 Å². The van der Waals surface area contributed by atoms with Gasteiger partial charge in [0.05, 0.1) is 0 Å². The fourth-order valence-electron chi connectivity index (χ4n) is 2.27. The molecule has 0 aliphatic carbocycles. The summed E-state index contributed by atoms with van der Waals surface area (Å²) in [6, 6.07) is 6.46. The zero-order chi connectivity index (χ0) is 16.4. The molecule has 0 fully saturated rings. The Kier molecular flexibility index (Phi) is 3.92. The smallest absolute Gasteiger partial charge is 0.263 e. The molecule has 0 unspecified atom stereocenters. The van der Waals surface area contributed by atoms with Crippen molar-refractivity contribution < 1.29 is 4.52 Å². The third-order valence-corrected chi connectivity index (χ3v) is 3.27. The molecule has 0 atom stereocenters. The third kappa shape index (κ3) is 3.13. The van der Waals surface area contributed by atoms with Crippen LogP contribution in [0.1, 0.15) is 13.8 Å². The molecule has 118 valence electrons. The number of nitrogens with zero attached hydrogens (tertiary/aromatic N) is 3. The van der Waals surface area contributed by atoms with E-state index in [0.29, 0.717) is 23.6 Å². The first-order valence-electron chi connectivity index (χ1n) is 7.27. The van der Waals surface area contributed by atoms with Crippen LogP contribution >= 0.6 is 0 Å². The Morgan fingerprint density at radius 3 is 2.87 bits per heavy atom. The van der Waals surface area contributed by atoms with Crippen LogP contribution in [-0.2, 0) is 6.54 Å². The van der Waals surface area contributed by atoms with Gasteiger partial charge in [0.15, 0.2) is 0 Å². The third-order valence-electron chi connectivity index (χ3n) is 3.27. The average Bonchev–Trinajstić information content (AvgIpc) is 2.99. The largest absolute Gasteiger partial charge is 0.333 e. The van der Waals surface area contributed by atoms with E-state index in [0.717, 1.165) is 0 Å². The van der Waals surface area contributed by atoms with Crippen molar-refractivity contribution >= 4 is 0 Å². The molecule has 1 N–H and O–H groups in total. The lowest BCUT2D eigenvalue weighted by Crippen LogP contribution is -2.23. The van der Waals surface area contributed by atoms with Crippen LogP contribution in [0.3, 0.4) is 0 Å². The summed E-state index contributed by atoms with van der Waals surface area (Å²) in [5.41, 5.74) is 0.439. The first-order valence-corrected chi connectivity index (χ1v) is 7.27. The second kappa shape index (κ2) is 6.04. The molecule has 0 saturated heterocycles. The van der Waals surface area contributed by atoms with Crippen LogP contribution < -0.4 is 11.1 Å². The Morgan fingerprint density at radius 1 is 1.30 bits per heavy atom. The van der Waals surface area contributed by atoms with E-state index in [4.69, 9.17) is 4.52 Å². The maximum absolute atomic E-state index is 12.5. The number of aromatic amines is 1. The molecule has 7 nitrogen and oxygen atoms in total. The molecule has 3 aromatic heterocycles. The quantitative estimate of drug-likeness (QED) is 0.794. The maximum Gasteiger partial charge on any atom is 0.263 e. The van der Waals surface area contributed by atoms with Crippen molar-refractivity contribution in [2.45, 2.75) is 20.4 Å². The molecule has 0 spiro atoms. The standard InChI is InChI=1S/C16H16N4O3/c1-10(2)9-20-7-3-4-12(16(20)22)15-18-14(19-23-15)11-5-6-17-13(21)8-11/h3-8,10H,9H2,1-2H3,(H,17,21). The van der Waals surface area contributed by atoms with E-state index in [1.807, 2.05) is 13.8 Å². The zero-order valence-corrected chi connectivity index (χ0v) is 12.8. The Balaban J connectivity index is 2.01. The van der Waals surface area contributed by atoms with Crippen molar-refractivity contribution in [3.05, 3.63) is 57.4 Å². The van der Waals surface area contributed by atoms with Crippen molar-refractivity contribution in [3.8, 4) is 22.8 Å². The van der Waals surface area contributed by atoms with E-state index < -0.39 is 0 Å². The maximum atomic E-state index is 12.5. The van der Waals surface area contributed by atoms with E-state index >= 15 is 0 Å². The minimum Gasteiger partial charge on any atom is -0.333 e. The van der Waals surface area contributed by atoms with Gasteiger partial charge in [-0.3, -0.25) is 9.59 Å². The number of aromatic nitrogens is 4. The molecule has 0 amide bonds. The minimum atomic E-state index is -0.257. The van der Waals surface area contributed by atoms with Gasteiger partial charge in [-0.25, -0.2) is 0 Å². The van der Waals surface area contributed by atoms with Crippen LogP contribution in [0.2, 0.25) is 0 Å². The first-order chi connectivity index (χ1) is 11.0. The minimum absolute atomic E-state index is 0.142. The van der Waals surface area contributed by atoms with E-state index in [-0.39, 0.29) is 22.8 Å². The number of pyridine rings is 2. The van der Waals surface area contributed by atoms with E-state index in [2.05, 4.69) is 15.1 Å². The van der Waals surface area contributed by atoms with Crippen LogP contribution in [0, 0.1) is 5.92 Å². The predicted octanol–water partition coefficient (Wildman–Crippen LogP) is 1.91. The summed E-state index contributed by atoms with van der Waals surface area (Å²) in [6.07, 6.45) is 3.24. The van der Waals surface area contributed by atoms with Gasteiger partial charge < -0.3 is 14.1 Å². The normalized spacial score (nSPS) is 11.1. The molecular weight excluding hydrogens is 296 g/mol. The van der Waals surface area contributed by atoms with Crippen LogP contribution in [0.5, 0.6) is 0 Å². The highest BCUT2D eigenvalue weighted by atomic mass is 16.5. The van der Waals surface area contributed by atoms with Gasteiger partial charge in [0.2, 0.25) is 11.4 Å². The van der Waals surface area contributed by atoms with Gasteiger partial charge in [0.25, 0.3) is 11.4 Å². The molecule has 3 aromatic rings. The van der Waals surface area contributed by atoms with Crippen LogP contribution in [0.15, 0.2) is 50.8 Å². The monoisotopic (exact) mass is 312 g/mol. The van der Waals surface area contributed by atoms with Gasteiger partial charge in [0, 0.05) is 30.6 Å². The van der Waals surface area contributed by atoms with Crippen molar-refractivity contribution in [2.75, 3.05) is 0 Å². The Bertz CT molecular complexity index is 936. The molecule has 0 aliphatic heterocycles. The summed E-state index contributed by atoms with van der Waals surface area (Å²) in [7, 11) is 0. The average molecular weight is 312 g/mol. The molecule has 23 heavy (non-hydrogen) atoms. The number of hydrogen-bond donors (Lipinski definition) is 1. The highest BCUT2D eigenvalue weighted by molar-refractivity contribution is 5.58. The molecule has 3 heterocycles. The first kappa shape index (κ1) is 15.0. The lowest BCUT2D eigenvalue weighted by atomic mass is 10.2. The zero-order valence-electron chi connectivity index (χ0n) is 12.8. The van der Waals surface area contributed by atoms with E-state index in [1.54, 1.807) is 29.0 Å². The van der Waals surface area contributed by atoms with Crippen LogP contribution in [-0.4, -0.2) is 19.7 Å². The Morgan fingerprint density at radius 2 is 2.13 bits per heavy atom. The summed E-state index contributed by atoms with van der Waals surface area (Å²) in [6.45, 7) is 4.69. The number of hydrogen-bond acceptors (Lipinski definition) is 5. The SMILES string of the molecule is CC(C)Cn1cccc(-c2nc(-c3cc[nH]c(=O)c3)no2)c1=O. The molecule has 0 bridgehead atoms. The summed E-state index contributed by atoms with van der Waals surface area (Å²) in [4.78, 5) is 30.6. The molecular formula is C16H16N4O3. The van der Waals surface area contributed by atoms with Crippen LogP contribution in [0.4, 0.5) is 0 Å². The van der Waals surface area contributed by atoms with E-state index in [9.17, 15) is 9.59 Å². The van der Waals surface area contributed by atoms with Crippen molar-refractivity contribution in [1.82, 2.24) is 19.7 Å². The number of H-pyrrole nitrogens is 1. The van der Waals surface area contributed by atoms with Gasteiger partial charge in [-0.05, 0) is 24.1 Å². The number of nitrogens with one attached hydrogen (secondary N) is 1. The molecule has 0 aliphatic rings. The topological polar surface area (TPSA) is 93.8 Å². The van der Waals surface area contributed by atoms with Crippen molar-refractivity contribution in [3.63, 3.8) is 0 Å². The highest BCUT2D eigenvalue weighted by Crippen LogP contribution is 2.18. The van der Waals surface area contributed by atoms with Crippen molar-refractivity contribution in [2.24, 2.45) is 5.92 Å². The van der Waals surface area contributed by atoms with E-state index in [1.165, 1.54) is 12.3 Å². The summed E-state index contributed by atoms with van der Waals surface area (Å²) in [5.74, 6) is 0.755. The second-order valence-corrected chi connectivity index (χ2v) is 5.64. The molecule has 3 rings (SSSR count). The predicted molar refractivity (Wildman–Crippen MR) is 84.9 cm³/mol. The fourth-order valence-corrected chi connectivity index (χ4v) is 2.27. The van der Waals surface area contributed by atoms with Gasteiger partial charge in [-0.15, -0.1) is 0 Å². The highest BCUT2D eigenvalue weighted by Gasteiger charge is 2.15. The molecule has 0 aromatic carbocycles. The van der Waals surface area contributed by atoms with Crippen LogP contribution in [0.25, 0.3) is 22.8 Å². The van der Waals surface area contributed by atoms with Gasteiger partial charge >= 0.3 is 0 Å². The summed E-state index contributed by atoms with van der Waals surface area (Å²) < 4.78 is 6.82. The summed E-state index contributed by atoms with van der Waals surface area (Å²) in [5, 5.41) is 3.85. The van der Waals surface area contributed by atoms with Gasteiger partial charge in [-0.1, -0.05) is 19.0 Å². The molecule has 0 saturated carbocycles.